The number of aromatic hydroxyl groups is 1. The zero-order valence-corrected chi connectivity index (χ0v) is 29.3. The highest BCUT2D eigenvalue weighted by atomic mass is 16.8. The number of aliphatic carboxylic acids is 1. The maximum Gasteiger partial charge on any atom is 0.334 e. The van der Waals surface area contributed by atoms with Gasteiger partial charge in [0.2, 0.25) is 18.4 Å². The number of carbonyl (C=O) groups is 2. The molecule has 0 spiro atoms. The lowest BCUT2D eigenvalue weighted by atomic mass is 9.99. The van der Waals surface area contributed by atoms with Crippen LogP contribution in [-0.4, -0.2) is 92.5 Å². The average molecular weight is 740 g/mol. The maximum atomic E-state index is 13.4. The van der Waals surface area contributed by atoms with E-state index in [1.54, 1.807) is 24.5 Å². The maximum absolute atomic E-state index is 13.4. The number of aryl methyl sites for hydroxylation is 2. The van der Waals surface area contributed by atoms with E-state index < -0.39 is 55.3 Å². The number of nitrogens with zero attached hydrogens (tertiary/aromatic N) is 1. The first-order valence-corrected chi connectivity index (χ1v) is 17.0. The molecule has 0 amide bonds. The van der Waals surface area contributed by atoms with Crippen molar-refractivity contribution in [2.75, 3.05) is 13.7 Å². The predicted octanol–water partition coefficient (Wildman–Crippen LogP) is 3.27. The van der Waals surface area contributed by atoms with Crippen molar-refractivity contribution in [1.82, 2.24) is 15.0 Å². The van der Waals surface area contributed by atoms with E-state index in [2.05, 4.69) is 10.3 Å². The molecule has 0 saturated carbocycles. The van der Waals surface area contributed by atoms with E-state index in [1.807, 2.05) is 38.1 Å². The lowest BCUT2D eigenvalue weighted by Gasteiger charge is -2.41. The van der Waals surface area contributed by atoms with Crippen molar-refractivity contribution in [2.24, 2.45) is 0 Å². The van der Waals surface area contributed by atoms with Crippen molar-refractivity contribution < 1.29 is 53.5 Å². The average Bonchev–Trinajstić information content (AvgIpc) is 3.72. The summed E-state index contributed by atoms with van der Waals surface area (Å²) in [7, 11) is 1.27. The molecule has 1 aliphatic rings. The number of likely N-dealkylation sites (N-methyl/N-ethyl adjacent to an activating group) is 1. The SMILES string of the molecule is CNC(C(=O)O)C(=O)OCC1OC(Oc2ccc3c(=O)c(-c4ccc(O)cc4)coc3c2)C(On2cc3cc[nH]c3c2-c2cc(C)cc(C)c2)C(O)C1O. The third-order valence-corrected chi connectivity index (χ3v) is 9.21. The highest BCUT2D eigenvalue weighted by molar-refractivity contribution is 5.98. The number of benzene rings is 3. The standard InChI is InChI=1S/C39H37N3O12/c1-19-12-20(2)14-23(13-19)32-30-22(10-11-41-30)16-42(32)54-36-35(46)34(45)29(18-51-38(49)31(40-3)37(47)48)53-39(36)52-25-8-9-26-28(15-25)50-17-27(33(26)44)21-4-6-24(43)7-5-21/h4-17,29,31,34-36,39-41,43,45-46H,18H2,1-3H3,(H,47,48). The molecular formula is C39H37N3O12. The first-order valence-electron chi connectivity index (χ1n) is 17.0. The number of phenols is 1. The van der Waals surface area contributed by atoms with E-state index >= 15 is 0 Å². The van der Waals surface area contributed by atoms with Crippen LogP contribution in [-0.2, 0) is 19.1 Å². The quantitative estimate of drug-likeness (QED) is 0.0833. The number of aromatic nitrogens is 2. The zero-order chi connectivity index (χ0) is 38.3. The fourth-order valence-corrected chi connectivity index (χ4v) is 6.59. The van der Waals surface area contributed by atoms with Gasteiger partial charge < -0.3 is 48.9 Å². The third-order valence-electron chi connectivity index (χ3n) is 9.21. The lowest BCUT2D eigenvalue weighted by Crippen LogP contribution is -2.63. The number of nitrogens with one attached hydrogen (secondary N) is 2. The topological polar surface area (TPSA) is 215 Å². The Morgan fingerprint density at radius 1 is 0.981 bits per heavy atom. The lowest BCUT2D eigenvalue weighted by molar-refractivity contribution is -0.287. The normalized spacial score (nSPS) is 20.5. The Balaban J connectivity index is 1.23. The van der Waals surface area contributed by atoms with Gasteiger partial charge in [-0.2, -0.15) is 4.73 Å². The summed E-state index contributed by atoms with van der Waals surface area (Å²) < 4.78 is 24.8. The van der Waals surface area contributed by atoms with Crippen LogP contribution in [0.5, 0.6) is 11.5 Å². The first-order chi connectivity index (χ1) is 25.9. The molecule has 0 aliphatic carbocycles. The Labute approximate surface area is 306 Å². The molecule has 15 heteroatoms. The Bertz CT molecular complexity index is 2380. The second kappa shape index (κ2) is 14.7. The van der Waals surface area contributed by atoms with Crippen LogP contribution in [0.4, 0.5) is 0 Å². The molecule has 6 N–H and O–H groups in total. The van der Waals surface area contributed by atoms with Gasteiger partial charge in [-0.25, -0.2) is 9.59 Å². The number of aliphatic hydroxyl groups excluding tert-OH is 2. The molecule has 0 bridgehead atoms. The number of fused-ring (bicyclic) bond motifs is 2. The summed E-state index contributed by atoms with van der Waals surface area (Å²) in [5.41, 5.74) is 4.88. The third kappa shape index (κ3) is 7.00. The number of carboxylic acids is 1. The molecule has 15 nitrogen and oxygen atoms in total. The van der Waals surface area contributed by atoms with E-state index in [0.29, 0.717) is 11.3 Å². The number of phenolic OH excluding ortho intramolecular Hbond substituents is 1. The Kier molecular flexibility index (Phi) is 9.87. The second-order valence-corrected chi connectivity index (χ2v) is 13.1. The van der Waals surface area contributed by atoms with Crippen molar-refractivity contribution in [3.05, 3.63) is 107 Å². The number of carbonyl (C=O) groups excluding carboxylic acids is 1. The minimum atomic E-state index is -1.69. The molecule has 7 rings (SSSR count). The van der Waals surface area contributed by atoms with Gasteiger partial charge in [0.15, 0.2) is 5.43 Å². The fourth-order valence-electron chi connectivity index (χ4n) is 6.59. The number of ether oxygens (including phenoxy) is 3. The molecule has 280 valence electrons. The summed E-state index contributed by atoms with van der Waals surface area (Å²) in [6.07, 6.45) is -2.84. The first kappa shape index (κ1) is 36.2. The largest absolute Gasteiger partial charge is 0.508 e. The van der Waals surface area contributed by atoms with Crippen molar-refractivity contribution in [3.8, 4) is 33.9 Å². The van der Waals surface area contributed by atoms with Crippen LogP contribution in [0.25, 0.3) is 44.3 Å². The molecule has 0 radical (unpaired) electrons. The summed E-state index contributed by atoms with van der Waals surface area (Å²) in [5.74, 6) is -2.42. The van der Waals surface area contributed by atoms with Crippen LogP contribution in [0.1, 0.15) is 11.1 Å². The summed E-state index contributed by atoms with van der Waals surface area (Å²) in [6, 6.07) is 16.7. The number of hydrogen-bond donors (Lipinski definition) is 6. The zero-order valence-electron chi connectivity index (χ0n) is 29.3. The number of aromatic amines is 1. The van der Waals surface area contributed by atoms with Gasteiger partial charge in [0.25, 0.3) is 0 Å². The van der Waals surface area contributed by atoms with E-state index in [9.17, 15) is 34.8 Å². The van der Waals surface area contributed by atoms with Crippen LogP contribution in [0, 0.1) is 13.8 Å². The Morgan fingerprint density at radius 3 is 2.43 bits per heavy atom. The molecule has 1 fully saturated rings. The molecule has 6 unspecified atom stereocenters. The highest BCUT2D eigenvalue weighted by Gasteiger charge is 2.49. The van der Waals surface area contributed by atoms with Gasteiger partial charge >= 0.3 is 11.9 Å². The van der Waals surface area contributed by atoms with Crippen molar-refractivity contribution >= 4 is 33.8 Å². The number of hydrogen-bond acceptors (Lipinski definition) is 12. The molecule has 1 saturated heterocycles. The van der Waals surface area contributed by atoms with Crippen molar-refractivity contribution in [3.63, 3.8) is 0 Å². The molecular weight excluding hydrogens is 702 g/mol. The number of esters is 1. The Hall–Kier alpha value is -6.13. The predicted molar refractivity (Wildman–Crippen MR) is 194 cm³/mol. The minimum Gasteiger partial charge on any atom is -0.508 e. The molecule has 6 aromatic rings. The van der Waals surface area contributed by atoms with Gasteiger partial charge in [0.05, 0.1) is 22.7 Å². The van der Waals surface area contributed by atoms with Crippen LogP contribution in [0.3, 0.4) is 0 Å². The minimum absolute atomic E-state index is 0.0502. The van der Waals surface area contributed by atoms with Crippen LogP contribution < -0.4 is 20.3 Å². The summed E-state index contributed by atoms with van der Waals surface area (Å²) in [4.78, 5) is 47.1. The van der Waals surface area contributed by atoms with Crippen LogP contribution in [0.15, 0.2) is 94.6 Å². The number of carboxylic acid groups (broad SMARTS) is 1. The molecule has 3 aromatic heterocycles. The number of rotatable bonds is 11. The van der Waals surface area contributed by atoms with Crippen LogP contribution >= 0.6 is 0 Å². The fraction of sp³-hybridized carbons (Fsp3) is 0.256. The number of H-pyrrole nitrogens is 1. The monoisotopic (exact) mass is 739 g/mol. The van der Waals surface area contributed by atoms with Gasteiger partial charge in [0.1, 0.15) is 54.0 Å². The van der Waals surface area contributed by atoms with Crippen LogP contribution in [0.2, 0.25) is 0 Å². The molecule has 3 aromatic carbocycles. The van der Waals surface area contributed by atoms with E-state index in [0.717, 1.165) is 27.6 Å². The Morgan fingerprint density at radius 2 is 1.72 bits per heavy atom. The van der Waals surface area contributed by atoms with Gasteiger partial charge in [-0.05, 0) is 68.9 Å². The van der Waals surface area contributed by atoms with E-state index in [4.69, 9.17) is 23.5 Å². The highest BCUT2D eigenvalue weighted by Crippen LogP contribution is 2.33. The van der Waals surface area contributed by atoms with E-state index in [1.165, 1.54) is 48.4 Å². The summed E-state index contributed by atoms with van der Waals surface area (Å²) in [6.45, 7) is 3.30. The smallest absolute Gasteiger partial charge is 0.334 e. The van der Waals surface area contributed by atoms with Gasteiger partial charge in [-0.15, -0.1) is 0 Å². The number of aliphatic hydroxyl groups is 2. The molecule has 54 heavy (non-hydrogen) atoms. The molecule has 4 heterocycles. The summed E-state index contributed by atoms with van der Waals surface area (Å²) in [5, 5.41) is 45.2. The molecule has 6 atom stereocenters. The summed E-state index contributed by atoms with van der Waals surface area (Å²) >= 11 is 0. The van der Waals surface area contributed by atoms with Crippen molar-refractivity contribution in [1.29, 1.82) is 0 Å². The van der Waals surface area contributed by atoms with Gasteiger partial charge in [-0.3, -0.25) is 10.1 Å². The van der Waals surface area contributed by atoms with E-state index in [-0.39, 0.29) is 33.5 Å². The van der Waals surface area contributed by atoms with Gasteiger partial charge in [-0.1, -0.05) is 29.3 Å². The van der Waals surface area contributed by atoms with Crippen molar-refractivity contribution in [2.45, 2.75) is 50.6 Å². The molecule has 1 aliphatic heterocycles. The van der Waals surface area contributed by atoms with Gasteiger partial charge in [0, 0.05) is 23.2 Å². The second-order valence-electron chi connectivity index (χ2n) is 13.1.